The summed E-state index contributed by atoms with van der Waals surface area (Å²) in [6.45, 7) is 3.78. The van der Waals surface area contributed by atoms with E-state index in [4.69, 9.17) is 5.73 Å². The molecule has 0 aromatic heterocycles. The third-order valence-corrected chi connectivity index (χ3v) is 0.798. The highest BCUT2D eigenvalue weighted by Crippen LogP contribution is 1.81. The smallest absolute Gasteiger partial charge is 0.118 e. The summed E-state index contributed by atoms with van der Waals surface area (Å²) in [7, 11) is 0. The molecule has 2 heteroatoms. The lowest BCUT2D eigenvalue weighted by Crippen LogP contribution is -1.91. The van der Waals surface area contributed by atoms with E-state index in [0.717, 1.165) is 0 Å². The van der Waals surface area contributed by atoms with Gasteiger partial charge in [0.2, 0.25) is 0 Å². The fourth-order valence-electron chi connectivity index (χ4n) is 0.290. The first-order valence-corrected chi connectivity index (χ1v) is 2.88. The Morgan fingerprint density at radius 2 is 2.11 bits per heavy atom. The topological polar surface area (TPSA) is 38.4 Å². The molecule has 0 aromatic carbocycles. The second-order valence-electron chi connectivity index (χ2n) is 1.52. The molecule has 0 saturated heterocycles. The molecule has 0 amide bonds. The monoisotopic (exact) mass is 124 g/mol. The van der Waals surface area contributed by atoms with Crippen molar-refractivity contribution >= 4 is 6.21 Å². The molecule has 9 heavy (non-hydrogen) atoms. The standard InChI is InChI=1S/C7H12N2/c1-3-5-6-9-7(8)4-2/h3-6H,8H2,1-2H3/b5-3-,7-4-,9-6-. The lowest BCUT2D eigenvalue weighted by molar-refractivity contribution is 1.24. The Hall–Kier alpha value is -1.05. The van der Waals surface area contributed by atoms with Gasteiger partial charge in [0, 0.05) is 6.21 Å². The van der Waals surface area contributed by atoms with E-state index in [9.17, 15) is 0 Å². The van der Waals surface area contributed by atoms with Crippen LogP contribution in [0.15, 0.2) is 29.0 Å². The minimum absolute atomic E-state index is 0.549. The van der Waals surface area contributed by atoms with E-state index < -0.39 is 0 Å². The molecule has 0 aliphatic heterocycles. The maximum atomic E-state index is 5.34. The molecule has 0 bridgehead atoms. The average Bonchev–Trinajstić information content (AvgIpc) is 1.89. The molecule has 0 aromatic rings. The Labute approximate surface area is 55.8 Å². The molecule has 0 aliphatic carbocycles. The van der Waals surface area contributed by atoms with E-state index in [2.05, 4.69) is 4.99 Å². The summed E-state index contributed by atoms with van der Waals surface area (Å²) in [6, 6.07) is 0. The van der Waals surface area contributed by atoms with E-state index >= 15 is 0 Å². The molecule has 0 atom stereocenters. The van der Waals surface area contributed by atoms with Crippen molar-refractivity contribution in [2.45, 2.75) is 13.8 Å². The van der Waals surface area contributed by atoms with Gasteiger partial charge in [-0.2, -0.15) is 0 Å². The molecule has 0 unspecified atom stereocenters. The SMILES string of the molecule is C\C=C/C=N\C(N)=C/C. The predicted molar refractivity (Wildman–Crippen MR) is 41.3 cm³/mol. The Morgan fingerprint density at radius 3 is 2.56 bits per heavy atom. The van der Waals surface area contributed by atoms with Gasteiger partial charge in [-0.05, 0) is 26.0 Å². The Balaban J connectivity index is 3.71. The van der Waals surface area contributed by atoms with Crippen LogP contribution in [-0.4, -0.2) is 6.21 Å². The number of hydrogen-bond donors (Lipinski definition) is 1. The number of rotatable bonds is 2. The molecule has 50 valence electrons. The van der Waals surface area contributed by atoms with E-state index in [-0.39, 0.29) is 0 Å². The Morgan fingerprint density at radius 1 is 1.44 bits per heavy atom. The van der Waals surface area contributed by atoms with Crippen molar-refractivity contribution in [1.82, 2.24) is 0 Å². The van der Waals surface area contributed by atoms with Crippen molar-refractivity contribution in [3.8, 4) is 0 Å². The maximum absolute atomic E-state index is 5.34. The minimum Gasteiger partial charge on any atom is -0.384 e. The normalized spacial score (nSPS) is 13.8. The van der Waals surface area contributed by atoms with Crippen molar-refractivity contribution in [2.24, 2.45) is 10.7 Å². The lowest BCUT2D eigenvalue weighted by atomic mass is 10.5. The molecule has 0 rings (SSSR count). The van der Waals surface area contributed by atoms with Crippen LogP contribution in [0.3, 0.4) is 0 Å². The summed E-state index contributed by atoms with van der Waals surface area (Å²) in [6.07, 6.45) is 7.14. The van der Waals surface area contributed by atoms with Crippen molar-refractivity contribution in [1.29, 1.82) is 0 Å². The Kier molecular flexibility index (Phi) is 4.50. The van der Waals surface area contributed by atoms with Gasteiger partial charge in [0.05, 0.1) is 0 Å². The second kappa shape index (κ2) is 5.09. The van der Waals surface area contributed by atoms with Crippen molar-refractivity contribution < 1.29 is 0 Å². The van der Waals surface area contributed by atoms with Gasteiger partial charge in [-0.25, -0.2) is 4.99 Å². The van der Waals surface area contributed by atoms with Crippen LogP contribution in [0.1, 0.15) is 13.8 Å². The predicted octanol–water partition coefficient (Wildman–Crippen LogP) is 1.45. The summed E-state index contributed by atoms with van der Waals surface area (Å²) in [5.74, 6) is 0.549. The van der Waals surface area contributed by atoms with Gasteiger partial charge in [-0.15, -0.1) is 0 Å². The maximum Gasteiger partial charge on any atom is 0.118 e. The number of nitrogens with two attached hydrogens (primary N) is 1. The first-order valence-electron chi connectivity index (χ1n) is 2.88. The summed E-state index contributed by atoms with van der Waals surface area (Å²) >= 11 is 0. The van der Waals surface area contributed by atoms with Crippen molar-refractivity contribution in [3.63, 3.8) is 0 Å². The third kappa shape index (κ3) is 4.81. The van der Waals surface area contributed by atoms with Gasteiger partial charge in [0.1, 0.15) is 5.82 Å². The second-order valence-corrected chi connectivity index (χ2v) is 1.52. The van der Waals surface area contributed by atoms with Crippen molar-refractivity contribution in [2.75, 3.05) is 0 Å². The molecule has 0 aliphatic rings. The highest BCUT2D eigenvalue weighted by Gasteiger charge is 1.72. The van der Waals surface area contributed by atoms with Crippen molar-refractivity contribution in [3.05, 3.63) is 24.0 Å². The average molecular weight is 124 g/mol. The van der Waals surface area contributed by atoms with Crippen LogP contribution >= 0.6 is 0 Å². The largest absolute Gasteiger partial charge is 0.384 e. The summed E-state index contributed by atoms with van der Waals surface area (Å²) in [5, 5.41) is 0. The molecule has 0 spiro atoms. The van der Waals surface area contributed by atoms with E-state index in [1.54, 1.807) is 12.3 Å². The minimum atomic E-state index is 0.549. The van der Waals surface area contributed by atoms with Gasteiger partial charge >= 0.3 is 0 Å². The molecule has 0 saturated carbocycles. The number of aliphatic imine (C=N–C) groups is 1. The highest BCUT2D eigenvalue weighted by atomic mass is 14.9. The van der Waals surface area contributed by atoms with Gasteiger partial charge in [0.15, 0.2) is 0 Å². The molecular weight excluding hydrogens is 112 g/mol. The van der Waals surface area contributed by atoms with Crippen LogP contribution in [0, 0.1) is 0 Å². The zero-order chi connectivity index (χ0) is 7.11. The van der Waals surface area contributed by atoms with Gasteiger partial charge in [-0.3, -0.25) is 0 Å². The first-order chi connectivity index (χ1) is 4.31. The van der Waals surface area contributed by atoms with Crippen LogP contribution < -0.4 is 5.73 Å². The van der Waals surface area contributed by atoms with Crippen LogP contribution in [0.2, 0.25) is 0 Å². The van der Waals surface area contributed by atoms with Crippen LogP contribution in [-0.2, 0) is 0 Å². The Bertz CT molecular complexity index is 143. The highest BCUT2D eigenvalue weighted by molar-refractivity contribution is 5.71. The zero-order valence-electron chi connectivity index (χ0n) is 5.83. The molecule has 2 N–H and O–H groups in total. The fourth-order valence-corrected chi connectivity index (χ4v) is 0.290. The summed E-state index contributed by atoms with van der Waals surface area (Å²) < 4.78 is 0. The molecule has 0 radical (unpaired) electrons. The third-order valence-electron chi connectivity index (χ3n) is 0.798. The van der Waals surface area contributed by atoms with Gasteiger partial charge < -0.3 is 5.73 Å². The van der Waals surface area contributed by atoms with E-state index in [1.807, 2.05) is 26.0 Å². The zero-order valence-corrected chi connectivity index (χ0v) is 5.83. The van der Waals surface area contributed by atoms with Crippen LogP contribution in [0.5, 0.6) is 0 Å². The van der Waals surface area contributed by atoms with E-state index in [1.165, 1.54) is 0 Å². The summed E-state index contributed by atoms with van der Waals surface area (Å²) in [5.41, 5.74) is 5.34. The molecule has 0 fully saturated rings. The van der Waals surface area contributed by atoms with Gasteiger partial charge in [-0.1, -0.05) is 6.08 Å². The fraction of sp³-hybridized carbons (Fsp3) is 0.286. The molecule has 0 heterocycles. The molecule has 2 nitrogen and oxygen atoms in total. The molecular formula is C7H12N2. The first kappa shape index (κ1) is 7.95. The number of allylic oxidation sites excluding steroid dienone is 3. The number of hydrogen-bond acceptors (Lipinski definition) is 2. The van der Waals surface area contributed by atoms with E-state index in [0.29, 0.717) is 5.82 Å². The van der Waals surface area contributed by atoms with Gasteiger partial charge in [0.25, 0.3) is 0 Å². The summed E-state index contributed by atoms with van der Waals surface area (Å²) in [4.78, 5) is 3.86. The lowest BCUT2D eigenvalue weighted by Gasteiger charge is -1.84. The number of nitrogens with zero attached hydrogens (tertiary/aromatic N) is 1. The quantitative estimate of drug-likeness (QED) is 0.556. The van der Waals surface area contributed by atoms with Crippen LogP contribution in [0.4, 0.5) is 0 Å². The van der Waals surface area contributed by atoms with Crippen LogP contribution in [0.25, 0.3) is 0 Å².